The number of rotatable bonds is 3. The van der Waals surface area contributed by atoms with Crippen molar-refractivity contribution in [3.05, 3.63) is 34.3 Å². The van der Waals surface area contributed by atoms with Crippen molar-refractivity contribution in [2.75, 3.05) is 0 Å². The van der Waals surface area contributed by atoms with Crippen LogP contribution in [-0.2, 0) is 6.18 Å². The maximum atomic E-state index is 12.5. The Balaban J connectivity index is 3.08. The third-order valence-corrected chi connectivity index (χ3v) is 3.07. The van der Waals surface area contributed by atoms with E-state index in [0.29, 0.717) is 0 Å². The van der Waals surface area contributed by atoms with Crippen molar-refractivity contribution in [2.24, 2.45) is 0 Å². The summed E-state index contributed by atoms with van der Waals surface area (Å²) in [6.45, 7) is 4.03. The van der Waals surface area contributed by atoms with E-state index in [9.17, 15) is 13.2 Å². The Labute approximate surface area is 98.4 Å². The van der Waals surface area contributed by atoms with Crippen molar-refractivity contribution in [1.82, 2.24) is 0 Å². The lowest BCUT2D eigenvalue weighted by atomic mass is 9.93. The Bertz CT molecular complexity index is 354. The second-order valence-electron chi connectivity index (χ2n) is 3.75. The van der Waals surface area contributed by atoms with Gasteiger partial charge in [0.15, 0.2) is 0 Å². The van der Waals surface area contributed by atoms with E-state index < -0.39 is 11.7 Å². The summed E-state index contributed by atoms with van der Waals surface area (Å²) < 4.78 is 37.4. The van der Waals surface area contributed by atoms with Crippen molar-refractivity contribution in [1.29, 1.82) is 0 Å². The first-order valence-corrected chi connectivity index (χ1v) is 5.64. The zero-order chi connectivity index (χ0) is 12.3. The molecule has 0 aliphatic heterocycles. The molecular weight excluding hydrogens is 237 g/mol. The highest BCUT2D eigenvalue weighted by molar-refractivity contribution is 6.31. The molecule has 0 atom stereocenters. The van der Waals surface area contributed by atoms with Gasteiger partial charge < -0.3 is 0 Å². The van der Waals surface area contributed by atoms with Crippen LogP contribution in [0.25, 0.3) is 0 Å². The Kier molecular flexibility index (Phi) is 4.25. The molecule has 0 aromatic heterocycles. The third kappa shape index (κ3) is 2.91. The number of halogens is 4. The lowest BCUT2D eigenvalue weighted by Crippen LogP contribution is -2.06. The van der Waals surface area contributed by atoms with E-state index in [2.05, 4.69) is 0 Å². The molecule has 0 radical (unpaired) electrons. The highest BCUT2D eigenvalue weighted by Gasteiger charge is 2.33. The summed E-state index contributed by atoms with van der Waals surface area (Å²) in [5, 5.41) is -0.211. The van der Waals surface area contributed by atoms with Gasteiger partial charge in [0.1, 0.15) is 0 Å². The third-order valence-electron chi connectivity index (χ3n) is 2.76. The molecule has 1 rings (SSSR count). The van der Waals surface area contributed by atoms with Gasteiger partial charge in [0.2, 0.25) is 0 Å². The van der Waals surface area contributed by atoms with Crippen molar-refractivity contribution < 1.29 is 13.2 Å². The number of benzene rings is 1. The molecule has 90 valence electrons. The number of hydrogen-bond donors (Lipinski definition) is 0. The van der Waals surface area contributed by atoms with Crippen molar-refractivity contribution in [2.45, 2.75) is 38.8 Å². The van der Waals surface area contributed by atoms with E-state index in [0.717, 1.165) is 24.5 Å². The summed E-state index contributed by atoms with van der Waals surface area (Å²) in [4.78, 5) is 0. The first-order chi connectivity index (χ1) is 7.40. The van der Waals surface area contributed by atoms with Crippen LogP contribution < -0.4 is 0 Å². The first kappa shape index (κ1) is 13.4. The van der Waals surface area contributed by atoms with Gasteiger partial charge in [-0.1, -0.05) is 31.5 Å². The fourth-order valence-corrected chi connectivity index (χ4v) is 2.07. The van der Waals surface area contributed by atoms with Gasteiger partial charge in [-0.15, -0.1) is 0 Å². The number of hydrogen-bond acceptors (Lipinski definition) is 0. The predicted molar refractivity (Wildman–Crippen MR) is 59.8 cm³/mol. The van der Waals surface area contributed by atoms with E-state index in [1.807, 2.05) is 13.8 Å². The fourth-order valence-electron chi connectivity index (χ4n) is 1.78. The van der Waals surface area contributed by atoms with Crippen LogP contribution >= 0.6 is 11.6 Å². The normalized spacial score (nSPS) is 12.2. The quantitative estimate of drug-likeness (QED) is 0.686. The highest BCUT2D eigenvalue weighted by atomic mass is 35.5. The standard InChI is InChI=1S/C12H14ClF3/c1-3-8(4-2)9-5-6-10(11(13)7-9)12(14,15)16/h5-8H,3-4H2,1-2H3. The minimum atomic E-state index is -4.37. The summed E-state index contributed by atoms with van der Waals surface area (Å²) in [7, 11) is 0. The summed E-state index contributed by atoms with van der Waals surface area (Å²) in [5.41, 5.74) is 0.117. The van der Waals surface area contributed by atoms with Crippen molar-refractivity contribution in [3.8, 4) is 0 Å². The van der Waals surface area contributed by atoms with E-state index in [4.69, 9.17) is 11.6 Å². The average Bonchev–Trinajstić information content (AvgIpc) is 2.17. The van der Waals surface area contributed by atoms with Gasteiger partial charge in [0, 0.05) is 0 Å². The van der Waals surface area contributed by atoms with Crippen LogP contribution in [-0.4, -0.2) is 0 Å². The van der Waals surface area contributed by atoms with Gasteiger partial charge >= 0.3 is 6.18 Å². The molecule has 1 aromatic carbocycles. The largest absolute Gasteiger partial charge is 0.417 e. The molecule has 0 saturated carbocycles. The Hall–Kier alpha value is -0.700. The molecule has 0 saturated heterocycles. The molecule has 0 aliphatic rings. The van der Waals surface area contributed by atoms with Crippen LogP contribution in [0, 0.1) is 0 Å². The molecule has 0 aliphatic carbocycles. The summed E-state index contributed by atoms with van der Waals surface area (Å²) >= 11 is 5.65. The van der Waals surface area contributed by atoms with Crippen LogP contribution in [0.5, 0.6) is 0 Å². The lowest BCUT2D eigenvalue weighted by Gasteiger charge is -2.15. The minimum Gasteiger partial charge on any atom is -0.166 e. The molecule has 4 heteroatoms. The molecule has 0 unspecified atom stereocenters. The highest BCUT2D eigenvalue weighted by Crippen LogP contribution is 2.36. The topological polar surface area (TPSA) is 0 Å². The second kappa shape index (κ2) is 5.09. The molecule has 0 heterocycles. The Morgan fingerprint density at radius 2 is 1.75 bits per heavy atom. The van der Waals surface area contributed by atoms with Gasteiger partial charge in [-0.25, -0.2) is 0 Å². The second-order valence-corrected chi connectivity index (χ2v) is 4.16. The van der Waals surface area contributed by atoms with Crippen LogP contribution in [0.4, 0.5) is 13.2 Å². The van der Waals surface area contributed by atoms with Crippen molar-refractivity contribution >= 4 is 11.6 Å². The van der Waals surface area contributed by atoms with Gasteiger partial charge in [0.05, 0.1) is 10.6 Å². The Morgan fingerprint density at radius 3 is 2.12 bits per heavy atom. The smallest absolute Gasteiger partial charge is 0.166 e. The van der Waals surface area contributed by atoms with Gasteiger partial charge in [-0.3, -0.25) is 0 Å². The summed E-state index contributed by atoms with van der Waals surface area (Å²) in [5.74, 6) is 0.278. The molecular formula is C12H14ClF3. The number of alkyl halides is 3. The van der Waals surface area contributed by atoms with E-state index >= 15 is 0 Å². The predicted octanol–water partition coefficient (Wildman–Crippen LogP) is 5.26. The molecule has 0 fully saturated rings. The van der Waals surface area contributed by atoms with Gasteiger partial charge in [-0.2, -0.15) is 13.2 Å². The summed E-state index contributed by atoms with van der Waals surface area (Å²) in [6, 6.07) is 4.02. The zero-order valence-electron chi connectivity index (χ0n) is 9.24. The maximum absolute atomic E-state index is 12.5. The van der Waals surface area contributed by atoms with Crippen molar-refractivity contribution in [3.63, 3.8) is 0 Å². The average molecular weight is 251 g/mol. The monoisotopic (exact) mass is 250 g/mol. The van der Waals surface area contributed by atoms with Gasteiger partial charge in [0.25, 0.3) is 0 Å². The lowest BCUT2D eigenvalue weighted by molar-refractivity contribution is -0.137. The van der Waals surface area contributed by atoms with Crippen LogP contribution in [0.2, 0.25) is 5.02 Å². The molecule has 0 N–H and O–H groups in total. The zero-order valence-corrected chi connectivity index (χ0v) is 9.99. The maximum Gasteiger partial charge on any atom is 0.417 e. The molecule has 16 heavy (non-hydrogen) atoms. The van der Waals surface area contributed by atoms with E-state index in [-0.39, 0.29) is 10.9 Å². The molecule has 0 spiro atoms. The summed E-state index contributed by atoms with van der Waals surface area (Å²) in [6.07, 6.45) is -2.57. The minimum absolute atomic E-state index is 0.211. The first-order valence-electron chi connectivity index (χ1n) is 5.26. The molecule has 0 nitrogen and oxygen atoms in total. The van der Waals surface area contributed by atoms with Crippen LogP contribution in [0.15, 0.2) is 18.2 Å². The van der Waals surface area contributed by atoms with E-state index in [1.165, 1.54) is 12.1 Å². The van der Waals surface area contributed by atoms with Crippen LogP contribution in [0.3, 0.4) is 0 Å². The van der Waals surface area contributed by atoms with Crippen LogP contribution in [0.1, 0.15) is 43.7 Å². The Morgan fingerprint density at radius 1 is 1.19 bits per heavy atom. The SMILES string of the molecule is CCC(CC)c1ccc(C(F)(F)F)c(Cl)c1. The fraction of sp³-hybridized carbons (Fsp3) is 0.500. The molecule has 0 bridgehead atoms. The van der Waals surface area contributed by atoms with E-state index in [1.54, 1.807) is 0 Å². The molecule has 0 amide bonds. The van der Waals surface area contributed by atoms with Gasteiger partial charge in [-0.05, 0) is 36.5 Å². The molecule has 1 aromatic rings.